The number of fused-ring (bicyclic) bond motifs is 5. The maximum atomic E-state index is 12.2. The number of carbonyl (C=O) groups is 1. The first kappa shape index (κ1) is 18.3. The summed E-state index contributed by atoms with van der Waals surface area (Å²) in [6.07, 6.45) is 11.7. The van der Waals surface area contributed by atoms with Crippen LogP contribution in [0.3, 0.4) is 0 Å². The lowest BCUT2D eigenvalue weighted by molar-refractivity contribution is -0.140. The zero-order chi connectivity index (χ0) is 18.9. The Morgan fingerprint density at radius 3 is 2.65 bits per heavy atom. The second kappa shape index (κ2) is 5.95. The van der Waals surface area contributed by atoms with Gasteiger partial charge in [0.15, 0.2) is 0 Å². The third-order valence-electron chi connectivity index (χ3n) is 8.54. The number of hydrogen-bond acceptors (Lipinski definition) is 2. The summed E-state index contributed by atoms with van der Waals surface area (Å²) >= 11 is 0. The van der Waals surface area contributed by atoms with Gasteiger partial charge in [0.2, 0.25) is 5.91 Å². The van der Waals surface area contributed by atoms with Crippen LogP contribution in [0.25, 0.3) is 0 Å². The summed E-state index contributed by atoms with van der Waals surface area (Å²) < 4.78 is 0. The van der Waals surface area contributed by atoms with Gasteiger partial charge in [-0.2, -0.15) is 0 Å². The number of aliphatic hydroxyl groups excluding tert-OH is 1. The van der Waals surface area contributed by atoms with Crippen LogP contribution in [0.4, 0.5) is 0 Å². The Balaban J connectivity index is 1.68. The van der Waals surface area contributed by atoms with Gasteiger partial charge in [0, 0.05) is 23.9 Å². The fourth-order valence-corrected chi connectivity index (χ4v) is 7.19. The third kappa shape index (κ3) is 2.38. The van der Waals surface area contributed by atoms with Gasteiger partial charge >= 0.3 is 0 Å². The molecular weight excluding hydrogens is 322 g/mol. The van der Waals surface area contributed by atoms with Crippen LogP contribution in [-0.2, 0) is 4.79 Å². The summed E-state index contributed by atoms with van der Waals surface area (Å²) in [5, 5.41) is 11.1. The van der Waals surface area contributed by atoms with Crippen molar-refractivity contribution in [1.82, 2.24) is 4.90 Å². The Labute approximate surface area is 158 Å². The molecule has 0 aromatic heterocycles. The standard InChI is InChI=1S/C23H35NO2/c1-14(2)12-15-13-18-16-6-7-19-22(3,11-9-20(25)24(19)5)17(16)8-10-23(18,4)21(15)26/h9,11-12,14,16-19,21,26H,6-8,10,13H2,1-5H3/t16-,17+,18+,19-,21+,22-,23+/m1/s1. The van der Waals surface area contributed by atoms with Crippen LogP contribution in [0.2, 0.25) is 0 Å². The Morgan fingerprint density at radius 2 is 1.96 bits per heavy atom. The Morgan fingerprint density at radius 1 is 1.23 bits per heavy atom. The van der Waals surface area contributed by atoms with Crippen LogP contribution in [0, 0.1) is 34.5 Å². The van der Waals surface area contributed by atoms with E-state index >= 15 is 0 Å². The van der Waals surface area contributed by atoms with Gasteiger partial charge in [0.05, 0.1) is 6.10 Å². The molecule has 0 aromatic rings. The number of rotatable bonds is 1. The van der Waals surface area contributed by atoms with Crippen molar-refractivity contribution in [2.45, 2.75) is 71.9 Å². The fourth-order valence-electron chi connectivity index (χ4n) is 7.19. The zero-order valence-corrected chi connectivity index (χ0v) is 17.0. The van der Waals surface area contributed by atoms with Crippen LogP contribution >= 0.6 is 0 Å². The summed E-state index contributed by atoms with van der Waals surface area (Å²) in [7, 11) is 1.98. The number of aliphatic hydroxyl groups is 1. The van der Waals surface area contributed by atoms with Crippen LogP contribution < -0.4 is 0 Å². The van der Waals surface area contributed by atoms with E-state index in [-0.39, 0.29) is 22.8 Å². The van der Waals surface area contributed by atoms with Crippen molar-refractivity contribution >= 4 is 5.91 Å². The second-order valence-electron chi connectivity index (χ2n) is 10.3. The van der Waals surface area contributed by atoms with Gasteiger partial charge in [-0.25, -0.2) is 0 Å². The summed E-state index contributed by atoms with van der Waals surface area (Å²) in [5.74, 6) is 2.51. The maximum Gasteiger partial charge on any atom is 0.246 e. The molecule has 144 valence electrons. The van der Waals surface area contributed by atoms with E-state index in [1.807, 2.05) is 11.9 Å². The van der Waals surface area contributed by atoms with Gasteiger partial charge in [-0.05, 0) is 67.4 Å². The van der Waals surface area contributed by atoms with E-state index < -0.39 is 0 Å². The predicted octanol–water partition coefficient (Wildman–Crippen LogP) is 4.18. The monoisotopic (exact) mass is 357 g/mol. The molecule has 1 N–H and O–H groups in total. The highest BCUT2D eigenvalue weighted by Crippen LogP contribution is 2.64. The number of nitrogens with zero attached hydrogens (tertiary/aromatic N) is 1. The molecule has 1 amide bonds. The topological polar surface area (TPSA) is 40.5 Å². The summed E-state index contributed by atoms with van der Waals surface area (Å²) in [4.78, 5) is 14.2. The quantitative estimate of drug-likeness (QED) is 0.715. The highest BCUT2D eigenvalue weighted by molar-refractivity contribution is 5.89. The van der Waals surface area contributed by atoms with Crippen molar-refractivity contribution in [2.75, 3.05) is 7.05 Å². The van der Waals surface area contributed by atoms with Crippen molar-refractivity contribution in [1.29, 1.82) is 0 Å². The van der Waals surface area contributed by atoms with Gasteiger partial charge in [0.25, 0.3) is 0 Å². The van der Waals surface area contributed by atoms with E-state index in [0.717, 1.165) is 19.3 Å². The van der Waals surface area contributed by atoms with Gasteiger partial charge in [0.1, 0.15) is 0 Å². The number of likely N-dealkylation sites (N-methyl/N-ethyl adjacent to an activating group) is 1. The van der Waals surface area contributed by atoms with Crippen LogP contribution in [-0.4, -0.2) is 35.1 Å². The first-order valence-electron chi connectivity index (χ1n) is 10.5. The normalized spacial score (nSPS) is 49.3. The average Bonchev–Trinajstić information content (AvgIpc) is 2.83. The van der Waals surface area contributed by atoms with Crippen molar-refractivity contribution in [3.8, 4) is 0 Å². The van der Waals surface area contributed by atoms with Gasteiger partial charge < -0.3 is 10.0 Å². The Hall–Kier alpha value is -1.09. The van der Waals surface area contributed by atoms with Crippen molar-refractivity contribution in [3.05, 3.63) is 23.8 Å². The molecule has 4 rings (SSSR count). The molecule has 3 saturated carbocycles. The molecule has 0 unspecified atom stereocenters. The molecule has 1 aliphatic heterocycles. The number of hydrogen-bond donors (Lipinski definition) is 1. The minimum atomic E-state index is -0.271. The van der Waals surface area contributed by atoms with E-state index in [4.69, 9.17) is 0 Å². The summed E-state index contributed by atoms with van der Waals surface area (Å²) in [6.45, 7) is 9.13. The predicted molar refractivity (Wildman–Crippen MR) is 104 cm³/mol. The second-order valence-corrected chi connectivity index (χ2v) is 10.3. The summed E-state index contributed by atoms with van der Waals surface area (Å²) in [5.41, 5.74) is 1.40. The molecule has 0 aromatic carbocycles. The van der Waals surface area contributed by atoms with Crippen LogP contribution in [0.1, 0.15) is 59.8 Å². The van der Waals surface area contributed by atoms with E-state index in [2.05, 4.69) is 39.8 Å². The molecule has 3 aliphatic carbocycles. The molecule has 0 bridgehead atoms. The average molecular weight is 358 g/mol. The van der Waals surface area contributed by atoms with E-state index in [1.165, 1.54) is 18.4 Å². The first-order chi connectivity index (χ1) is 12.2. The summed E-state index contributed by atoms with van der Waals surface area (Å²) in [6, 6.07) is 0.336. The Bertz CT molecular complexity index is 665. The minimum Gasteiger partial charge on any atom is -0.388 e. The molecule has 1 heterocycles. The lowest BCUT2D eigenvalue weighted by Gasteiger charge is -2.59. The van der Waals surface area contributed by atoms with Gasteiger partial charge in [-0.1, -0.05) is 39.8 Å². The van der Waals surface area contributed by atoms with Crippen LogP contribution in [0.15, 0.2) is 23.8 Å². The lowest BCUT2D eigenvalue weighted by Crippen LogP contribution is -2.59. The molecule has 7 atom stereocenters. The maximum absolute atomic E-state index is 12.2. The lowest BCUT2D eigenvalue weighted by atomic mass is 9.48. The van der Waals surface area contributed by atoms with E-state index in [9.17, 15) is 9.90 Å². The Kier molecular flexibility index (Phi) is 4.19. The minimum absolute atomic E-state index is 0.0329. The number of allylic oxidation sites excluding steroid dienone is 1. The molecule has 3 nitrogen and oxygen atoms in total. The largest absolute Gasteiger partial charge is 0.388 e. The smallest absolute Gasteiger partial charge is 0.246 e. The van der Waals surface area contributed by atoms with Crippen molar-refractivity contribution in [3.63, 3.8) is 0 Å². The van der Waals surface area contributed by atoms with E-state index in [1.54, 1.807) is 6.08 Å². The fraction of sp³-hybridized carbons (Fsp3) is 0.783. The third-order valence-corrected chi connectivity index (χ3v) is 8.54. The molecule has 3 heteroatoms. The van der Waals surface area contributed by atoms with Crippen LogP contribution in [0.5, 0.6) is 0 Å². The molecular formula is C23H35NO2. The molecule has 26 heavy (non-hydrogen) atoms. The van der Waals surface area contributed by atoms with Gasteiger partial charge in [-0.3, -0.25) is 4.79 Å². The number of carbonyl (C=O) groups excluding carboxylic acids is 1. The highest BCUT2D eigenvalue weighted by Gasteiger charge is 2.61. The van der Waals surface area contributed by atoms with Gasteiger partial charge in [-0.15, -0.1) is 0 Å². The van der Waals surface area contributed by atoms with E-state index in [0.29, 0.717) is 29.7 Å². The first-order valence-corrected chi connectivity index (χ1v) is 10.5. The molecule has 0 radical (unpaired) electrons. The molecule has 4 aliphatic rings. The van der Waals surface area contributed by atoms with Crippen molar-refractivity contribution < 1.29 is 9.90 Å². The van der Waals surface area contributed by atoms with Crippen molar-refractivity contribution in [2.24, 2.45) is 34.5 Å². The zero-order valence-electron chi connectivity index (χ0n) is 17.0. The highest BCUT2D eigenvalue weighted by atomic mass is 16.3. The number of amides is 1. The molecule has 0 saturated heterocycles. The molecule has 0 spiro atoms. The SMILES string of the molecule is CC(C)C=C1C[C@H]2[C@@H]3CC[C@H]4N(C)C(=O)C=C[C@]4(C)[C@H]3CC[C@]2(C)[C@H]1O. The molecule has 3 fully saturated rings.